The molecule has 194 valence electrons. The molecule has 1 aliphatic rings. The van der Waals surface area contributed by atoms with Crippen molar-refractivity contribution in [1.82, 2.24) is 19.5 Å². The number of aromatic amines is 1. The number of aliphatic hydroxyl groups excluding tert-OH is 4. The Bertz CT molecular complexity index is 1250. The number of carbonyl (C=O) groups is 1. The molecule has 0 aliphatic carbocycles. The van der Waals surface area contributed by atoms with Crippen molar-refractivity contribution < 1.29 is 39.4 Å². The zero-order valence-corrected chi connectivity index (χ0v) is 20.0. The van der Waals surface area contributed by atoms with E-state index in [4.69, 9.17) is 14.2 Å². The van der Waals surface area contributed by atoms with E-state index in [1.54, 1.807) is 31.2 Å². The first-order valence-electron chi connectivity index (χ1n) is 11.1. The SMILES string of the molecule is CCOC(=O)c1ccc(OC[C@@H](O)CSc2nc3c(=O)[nH]cnc3n2[C@@H]2O[C@H](CO)[C@@H](O)[C@H]2O)cc1. The van der Waals surface area contributed by atoms with Crippen molar-refractivity contribution in [2.24, 2.45) is 0 Å². The number of nitrogens with one attached hydrogen (secondary N) is 1. The summed E-state index contributed by atoms with van der Waals surface area (Å²) in [5.41, 5.74) is -0.0242. The van der Waals surface area contributed by atoms with Crippen molar-refractivity contribution in [3.63, 3.8) is 0 Å². The summed E-state index contributed by atoms with van der Waals surface area (Å²) in [7, 11) is 0. The van der Waals surface area contributed by atoms with E-state index in [1.165, 1.54) is 10.9 Å². The van der Waals surface area contributed by atoms with E-state index >= 15 is 0 Å². The van der Waals surface area contributed by atoms with Gasteiger partial charge in [0.05, 0.1) is 31.2 Å². The molecule has 14 heteroatoms. The molecule has 1 fully saturated rings. The van der Waals surface area contributed by atoms with Gasteiger partial charge in [0.15, 0.2) is 22.5 Å². The van der Waals surface area contributed by atoms with Crippen molar-refractivity contribution in [1.29, 1.82) is 0 Å². The normalized spacial score (nSPS) is 22.6. The standard InChI is InChI=1S/C22H26N4O9S/c1-2-33-21(32)11-3-5-13(6-4-11)34-8-12(28)9-36-22-25-15-18(23-10-24-19(15)31)26(22)20-17(30)16(29)14(7-27)35-20/h3-6,10,12,14,16-17,20,27-30H,2,7-9H2,1H3,(H,23,24,31)/t12-,14-,16-,17-,20-/m1/s1. The second-order valence-corrected chi connectivity index (χ2v) is 8.90. The number of esters is 1. The largest absolute Gasteiger partial charge is 0.491 e. The van der Waals surface area contributed by atoms with E-state index in [1.807, 2.05) is 0 Å². The first-order chi connectivity index (χ1) is 17.3. The Morgan fingerprint density at radius 1 is 1.28 bits per heavy atom. The number of aromatic nitrogens is 4. The highest BCUT2D eigenvalue weighted by molar-refractivity contribution is 7.99. The number of carbonyl (C=O) groups excluding carboxylic acids is 1. The molecule has 5 N–H and O–H groups in total. The smallest absolute Gasteiger partial charge is 0.338 e. The van der Waals surface area contributed by atoms with E-state index in [-0.39, 0.29) is 35.3 Å². The number of imidazole rings is 1. The van der Waals surface area contributed by atoms with Crippen LogP contribution in [-0.4, -0.2) is 95.9 Å². The lowest BCUT2D eigenvalue weighted by molar-refractivity contribution is -0.0548. The number of fused-ring (bicyclic) bond motifs is 1. The summed E-state index contributed by atoms with van der Waals surface area (Å²) in [6.07, 6.45) is -4.74. The van der Waals surface area contributed by atoms with Crippen molar-refractivity contribution in [2.45, 2.75) is 42.7 Å². The Balaban J connectivity index is 1.45. The molecule has 2 aromatic heterocycles. The van der Waals surface area contributed by atoms with Crippen LogP contribution in [0.5, 0.6) is 5.75 Å². The number of H-pyrrole nitrogens is 1. The van der Waals surface area contributed by atoms with Crippen LogP contribution in [-0.2, 0) is 9.47 Å². The van der Waals surface area contributed by atoms with Crippen LogP contribution in [0.2, 0.25) is 0 Å². The molecule has 3 aromatic rings. The molecule has 4 rings (SSSR count). The Kier molecular flexibility index (Phi) is 8.23. The van der Waals surface area contributed by atoms with Crippen LogP contribution in [0.3, 0.4) is 0 Å². The third kappa shape index (κ3) is 5.38. The molecule has 0 bridgehead atoms. The highest BCUT2D eigenvalue weighted by atomic mass is 32.2. The zero-order valence-electron chi connectivity index (χ0n) is 19.2. The highest BCUT2D eigenvalue weighted by Crippen LogP contribution is 2.35. The topological polar surface area (TPSA) is 189 Å². The predicted octanol–water partition coefficient (Wildman–Crippen LogP) is -0.560. The summed E-state index contributed by atoms with van der Waals surface area (Å²) >= 11 is 1.07. The molecular weight excluding hydrogens is 496 g/mol. The van der Waals surface area contributed by atoms with E-state index < -0.39 is 48.8 Å². The van der Waals surface area contributed by atoms with Gasteiger partial charge in [0, 0.05) is 5.75 Å². The second kappa shape index (κ2) is 11.4. The molecule has 5 atom stereocenters. The summed E-state index contributed by atoms with van der Waals surface area (Å²) < 4.78 is 17.5. The molecule has 3 heterocycles. The number of thioether (sulfide) groups is 1. The van der Waals surface area contributed by atoms with Gasteiger partial charge in [-0.2, -0.15) is 0 Å². The van der Waals surface area contributed by atoms with E-state index in [9.17, 15) is 30.0 Å². The molecular formula is C22H26N4O9S. The lowest BCUT2D eigenvalue weighted by Gasteiger charge is -2.19. The van der Waals surface area contributed by atoms with Crippen LogP contribution < -0.4 is 10.3 Å². The van der Waals surface area contributed by atoms with E-state index in [0.29, 0.717) is 11.3 Å². The number of aliphatic hydroxyl groups is 4. The Hall–Kier alpha value is -3.01. The molecule has 36 heavy (non-hydrogen) atoms. The fourth-order valence-electron chi connectivity index (χ4n) is 3.64. The number of ether oxygens (including phenoxy) is 3. The van der Waals surface area contributed by atoms with Crippen LogP contribution in [0.1, 0.15) is 23.5 Å². The Morgan fingerprint density at radius 2 is 2.03 bits per heavy atom. The summed E-state index contributed by atoms with van der Waals surface area (Å²) in [5.74, 6) is 0.101. The molecule has 0 radical (unpaired) electrons. The lowest BCUT2D eigenvalue weighted by atomic mass is 10.1. The number of rotatable bonds is 10. The molecule has 13 nitrogen and oxygen atoms in total. The lowest BCUT2D eigenvalue weighted by Crippen LogP contribution is -2.33. The van der Waals surface area contributed by atoms with Crippen LogP contribution >= 0.6 is 11.8 Å². The Morgan fingerprint density at radius 3 is 2.69 bits per heavy atom. The van der Waals surface area contributed by atoms with Crippen LogP contribution in [0.15, 0.2) is 40.5 Å². The maximum Gasteiger partial charge on any atom is 0.338 e. The quantitative estimate of drug-likeness (QED) is 0.169. The van der Waals surface area contributed by atoms with Crippen molar-refractivity contribution in [3.8, 4) is 5.75 Å². The van der Waals surface area contributed by atoms with Gasteiger partial charge in [0.2, 0.25) is 0 Å². The predicted molar refractivity (Wildman–Crippen MR) is 126 cm³/mol. The number of hydrogen-bond acceptors (Lipinski definition) is 12. The third-order valence-electron chi connectivity index (χ3n) is 5.44. The van der Waals surface area contributed by atoms with Crippen LogP contribution in [0.25, 0.3) is 11.2 Å². The summed E-state index contributed by atoms with van der Waals surface area (Å²) in [6, 6.07) is 6.29. The molecule has 1 saturated heterocycles. The van der Waals surface area contributed by atoms with E-state index in [0.717, 1.165) is 11.8 Å². The maximum absolute atomic E-state index is 12.3. The first-order valence-corrected chi connectivity index (χ1v) is 12.1. The van der Waals surface area contributed by atoms with E-state index in [2.05, 4.69) is 15.0 Å². The molecule has 0 amide bonds. The summed E-state index contributed by atoms with van der Waals surface area (Å²) in [4.78, 5) is 34.8. The Labute approximate surface area is 208 Å². The van der Waals surface area contributed by atoms with Gasteiger partial charge < -0.3 is 39.6 Å². The molecule has 0 spiro atoms. The molecule has 1 aliphatic heterocycles. The molecule has 0 unspecified atom stereocenters. The average molecular weight is 523 g/mol. The van der Waals surface area contributed by atoms with Gasteiger partial charge in [0.25, 0.3) is 5.56 Å². The number of nitrogens with zero attached hydrogens (tertiary/aromatic N) is 3. The highest BCUT2D eigenvalue weighted by Gasteiger charge is 2.45. The van der Waals surface area contributed by atoms with Crippen molar-refractivity contribution in [3.05, 3.63) is 46.5 Å². The minimum absolute atomic E-state index is 0.00910. The maximum atomic E-state index is 12.3. The molecule has 1 aromatic carbocycles. The van der Waals surface area contributed by atoms with Gasteiger partial charge >= 0.3 is 5.97 Å². The molecule has 0 saturated carbocycles. The third-order valence-corrected chi connectivity index (χ3v) is 6.53. The van der Waals surface area contributed by atoms with Gasteiger partial charge in [-0.05, 0) is 31.2 Å². The number of benzene rings is 1. The van der Waals surface area contributed by atoms with Crippen LogP contribution in [0.4, 0.5) is 0 Å². The van der Waals surface area contributed by atoms with Crippen LogP contribution in [0, 0.1) is 0 Å². The van der Waals surface area contributed by atoms with Gasteiger partial charge in [0.1, 0.15) is 30.7 Å². The van der Waals surface area contributed by atoms with Crippen molar-refractivity contribution in [2.75, 3.05) is 25.6 Å². The second-order valence-electron chi connectivity index (χ2n) is 7.92. The zero-order chi connectivity index (χ0) is 25.8. The monoisotopic (exact) mass is 522 g/mol. The number of hydrogen-bond donors (Lipinski definition) is 5. The van der Waals surface area contributed by atoms with Gasteiger partial charge in [-0.1, -0.05) is 11.8 Å². The van der Waals surface area contributed by atoms with Gasteiger partial charge in [-0.15, -0.1) is 0 Å². The fraction of sp³-hybridized carbons (Fsp3) is 0.455. The van der Waals surface area contributed by atoms with Crippen molar-refractivity contribution >= 4 is 28.9 Å². The summed E-state index contributed by atoms with van der Waals surface area (Å²) in [5, 5.41) is 40.8. The minimum Gasteiger partial charge on any atom is -0.491 e. The average Bonchev–Trinajstić information content (AvgIpc) is 3.39. The fourth-order valence-corrected chi connectivity index (χ4v) is 4.56. The summed E-state index contributed by atoms with van der Waals surface area (Å²) in [6.45, 7) is 1.40. The van der Waals surface area contributed by atoms with Gasteiger partial charge in [-0.3, -0.25) is 9.36 Å². The first kappa shape index (κ1) is 26.1. The minimum atomic E-state index is -1.41. The van der Waals surface area contributed by atoms with Gasteiger partial charge in [-0.25, -0.2) is 14.8 Å².